The van der Waals surface area contributed by atoms with Gasteiger partial charge in [-0.25, -0.2) is 4.98 Å². The summed E-state index contributed by atoms with van der Waals surface area (Å²) in [5.74, 6) is 1.31. The van der Waals surface area contributed by atoms with Crippen molar-refractivity contribution in [1.82, 2.24) is 9.97 Å². The zero-order valence-electron chi connectivity index (χ0n) is 14.3. The number of thioether (sulfide) groups is 1. The highest BCUT2D eigenvalue weighted by Crippen LogP contribution is 2.33. The van der Waals surface area contributed by atoms with Gasteiger partial charge in [0.1, 0.15) is 13.2 Å². The second kappa shape index (κ2) is 7.29. The number of nitrogens with zero attached hydrogens (tertiary/aromatic N) is 1. The van der Waals surface area contributed by atoms with E-state index in [1.807, 2.05) is 43.3 Å². The number of amides is 1. The molecular formula is C19H19N3O3S. The second-order valence-corrected chi connectivity index (χ2v) is 7.11. The average Bonchev–Trinajstić information content (AvgIpc) is 3.08. The van der Waals surface area contributed by atoms with Crippen LogP contribution in [0.5, 0.6) is 11.5 Å². The van der Waals surface area contributed by atoms with Crippen molar-refractivity contribution in [2.45, 2.75) is 23.8 Å². The van der Waals surface area contributed by atoms with E-state index in [0.29, 0.717) is 36.8 Å². The summed E-state index contributed by atoms with van der Waals surface area (Å²) < 4.78 is 11.1. The molecule has 1 aliphatic heterocycles. The van der Waals surface area contributed by atoms with Crippen LogP contribution in [-0.2, 0) is 4.79 Å². The van der Waals surface area contributed by atoms with E-state index in [2.05, 4.69) is 15.3 Å². The number of nitrogens with one attached hydrogen (secondary N) is 2. The highest BCUT2D eigenvalue weighted by molar-refractivity contribution is 8.00. The number of ether oxygens (including phenoxy) is 2. The Bertz CT molecular complexity index is 908. The van der Waals surface area contributed by atoms with Crippen LogP contribution >= 0.6 is 11.8 Å². The van der Waals surface area contributed by atoms with Gasteiger partial charge in [0.05, 0.1) is 16.3 Å². The lowest BCUT2D eigenvalue weighted by atomic mass is 10.2. The highest BCUT2D eigenvalue weighted by Gasteiger charge is 2.21. The number of H-pyrrole nitrogens is 1. The first-order valence-electron chi connectivity index (χ1n) is 8.55. The monoisotopic (exact) mass is 369 g/mol. The number of rotatable bonds is 5. The normalized spacial score (nSPS) is 14.2. The highest BCUT2D eigenvalue weighted by atomic mass is 32.2. The van der Waals surface area contributed by atoms with Crippen molar-refractivity contribution in [3.05, 3.63) is 42.5 Å². The Morgan fingerprint density at radius 3 is 2.85 bits per heavy atom. The van der Waals surface area contributed by atoms with Crippen molar-refractivity contribution >= 4 is 34.4 Å². The van der Waals surface area contributed by atoms with Crippen LogP contribution in [-0.4, -0.2) is 34.3 Å². The van der Waals surface area contributed by atoms with Gasteiger partial charge in [0.15, 0.2) is 16.7 Å². The molecule has 1 atom stereocenters. The third-order valence-electron chi connectivity index (χ3n) is 4.09. The summed E-state index contributed by atoms with van der Waals surface area (Å²) in [7, 11) is 0. The molecule has 0 aliphatic carbocycles. The molecule has 6 nitrogen and oxygen atoms in total. The molecule has 1 unspecified atom stereocenters. The van der Waals surface area contributed by atoms with Crippen LogP contribution in [0.2, 0.25) is 0 Å². The van der Waals surface area contributed by atoms with Crippen LogP contribution in [0, 0.1) is 0 Å². The Morgan fingerprint density at radius 1 is 1.23 bits per heavy atom. The molecule has 0 radical (unpaired) electrons. The molecule has 134 valence electrons. The fraction of sp³-hybridized carbons (Fsp3) is 0.263. The zero-order valence-corrected chi connectivity index (χ0v) is 15.1. The molecule has 2 heterocycles. The molecule has 3 aromatic rings. The summed E-state index contributed by atoms with van der Waals surface area (Å²) in [6.07, 6.45) is 0.693. The first-order valence-corrected chi connectivity index (χ1v) is 9.43. The van der Waals surface area contributed by atoms with Gasteiger partial charge in [-0.3, -0.25) is 4.79 Å². The van der Waals surface area contributed by atoms with Crippen LogP contribution < -0.4 is 14.8 Å². The maximum absolute atomic E-state index is 12.7. The maximum atomic E-state index is 12.7. The summed E-state index contributed by atoms with van der Waals surface area (Å²) in [5, 5.41) is 3.46. The lowest BCUT2D eigenvalue weighted by Gasteiger charge is -2.19. The van der Waals surface area contributed by atoms with Gasteiger partial charge in [0.25, 0.3) is 0 Å². The number of carbonyl (C=O) groups is 1. The largest absolute Gasteiger partial charge is 0.486 e. The third kappa shape index (κ3) is 3.48. The van der Waals surface area contributed by atoms with Crippen molar-refractivity contribution in [3.8, 4) is 11.5 Å². The maximum Gasteiger partial charge on any atom is 0.237 e. The van der Waals surface area contributed by atoms with Crippen LogP contribution in [0.1, 0.15) is 13.3 Å². The number of hydrogen-bond donors (Lipinski definition) is 2. The lowest BCUT2D eigenvalue weighted by molar-refractivity contribution is -0.115. The molecule has 1 aromatic heterocycles. The van der Waals surface area contributed by atoms with Gasteiger partial charge in [-0.1, -0.05) is 30.8 Å². The van der Waals surface area contributed by atoms with Crippen molar-refractivity contribution < 1.29 is 14.3 Å². The van der Waals surface area contributed by atoms with Crippen LogP contribution in [0.25, 0.3) is 11.0 Å². The molecule has 26 heavy (non-hydrogen) atoms. The van der Waals surface area contributed by atoms with Crippen LogP contribution in [0.4, 0.5) is 5.69 Å². The Kier molecular flexibility index (Phi) is 4.71. The fourth-order valence-electron chi connectivity index (χ4n) is 2.79. The Balaban J connectivity index is 1.46. The van der Waals surface area contributed by atoms with Gasteiger partial charge in [-0.15, -0.1) is 0 Å². The molecule has 2 aromatic carbocycles. The van der Waals surface area contributed by atoms with E-state index in [9.17, 15) is 4.79 Å². The number of anilines is 1. The van der Waals surface area contributed by atoms with Crippen LogP contribution in [0.15, 0.2) is 47.6 Å². The molecule has 1 amide bonds. The summed E-state index contributed by atoms with van der Waals surface area (Å²) in [6.45, 7) is 3.05. The first kappa shape index (κ1) is 16.8. The van der Waals surface area contributed by atoms with E-state index in [1.165, 1.54) is 11.8 Å². The van der Waals surface area contributed by atoms with E-state index in [1.54, 1.807) is 6.07 Å². The second-order valence-electron chi connectivity index (χ2n) is 5.92. The molecule has 2 N–H and O–H groups in total. The molecule has 0 bridgehead atoms. The molecule has 0 saturated heterocycles. The van der Waals surface area contributed by atoms with Gasteiger partial charge < -0.3 is 19.8 Å². The quantitative estimate of drug-likeness (QED) is 0.668. The summed E-state index contributed by atoms with van der Waals surface area (Å²) in [4.78, 5) is 20.5. The minimum absolute atomic E-state index is 0.0605. The van der Waals surface area contributed by atoms with Gasteiger partial charge in [0.2, 0.25) is 5.91 Å². The predicted octanol–water partition coefficient (Wildman–Crippen LogP) is 3.84. The number of hydrogen-bond acceptors (Lipinski definition) is 5. The average molecular weight is 369 g/mol. The Morgan fingerprint density at radius 2 is 2.04 bits per heavy atom. The van der Waals surface area contributed by atoms with E-state index in [-0.39, 0.29) is 11.2 Å². The van der Waals surface area contributed by atoms with E-state index in [0.717, 1.165) is 16.2 Å². The molecule has 0 fully saturated rings. The Labute approximate surface area is 155 Å². The minimum Gasteiger partial charge on any atom is -0.486 e. The fourth-order valence-corrected chi connectivity index (χ4v) is 3.71. The number of aromatic nitrogens is 2. The smallest absolute Gasteiger partial charge is 0.237 e. The molecule has 0 saturated carbocycles. The molecular weight excluding hydrogens is 350 g/mol. The SMILES string of the molecule is CCC(Sc1nc2ccccc2[nH]1)C(=O)Nc1ccc2c(c1)OCCO2. The topological polar surface area (TPSA) is 76.2 Å². The number of fused-ring (bicyclic) bond motifs is 2. The number of imidazole rings is 1. The molecule has 7 heteroatoms. The third-order valence-corrected chi connectivity index (χ3v) is 5.34. The summed E-state index contributed by atoms with van der Waals surface area (Å²) in [6, 6.07) is 13.3. The summed E-state index contributed by atoms with van der Waals surface area (Å²) >= 11 is 1.44. The van der Waals surface area contributed by atoms with Gasteiger partial charge in [0, 0.05) is 11.8 Å². The first-order chi connectivity index (χ1) is 12.7. The van der Waals surface area contributed by atoms with E-state index >= 15 is 0 Å². The zero-order chi connectivity index (χ0) is 17.9. The van der Waals surface area contributed by atoms with Gasteiger partial charge in [-0.2, -0.15) is 0 Å². The van der Waals surface area contributed by atoms with Crippen molar-refractivity contribution in [2.75, 3.05) is 18.5 Å². The minimum atomic E-state index is -0.247. The lowest BCUT2D eigenvalue weighted by Crippen LogP contribution is -2.25. The van der Waals surface area contributed by atoms with Gasteiger partial charge >= 0.3 is 0 Å². The molecule has 4 rings (SSSR count). The van der Waals surface area contributed by atoms with Gasteiger partial charge in [-0.05, 0) is 30.7 Å². The van der Waals surface area contributed by atoms with Crippen molar-refractivity contribution in [2.24, 2.45) is 0 Å². The van der Waals surface area contributed by atoms with E-state index in [4.69, 9.17) is 9.47 Å². The van der Waals surface area contributed by atoms with E-state index < -0.39 is 0 Å². The number of carbonyl (C=O) groups excluding carboxylic acids is 1. The van der Waals surface area contributed by atoms with Crippen molar-refractivity contribution in [3.63, 3.8) is 0 Å². The number of para-hydroxylation sites is 2. The Hall–Kier alpha value is -2.67. The summed E-state index contributed by atoms with van der Waals surface area (Å²) in [5.41, 5.74) is 2.57. The number of benzene rings is 2. The predicted molar refractivity (Wildman–Crippen MR) is 102 cm³/mol. The standard InChI is InChI=1S/C19H19N3O3S/c1-2-17(26-19-21-13-5-3-4-6-14(13)22-19)18(23)20-12-7-8-15-16(11-12)25-10-9-24-15/h3-8,11,17H,2,9-10H2,1H3,(H,20,23)(H,21,22). The number of aromatic amines is 1. The molecule has 0 spiro atoms. The van der Waals surface area contributed by atoms with Crippen molar-refractivity contribution in [1.29, 1.82) is 0 Å². The van der Waals surface area contributed by atoms with Crippen LogP contribution in [0.3, 0.4) is 0 Å². The molecule has 1 aliphatic rings.